The summed E-state index contributed by atoms with van der Waals surface area (Å²) in [5.74, 6) is 0.824. The molecule has 0 amide bonds. The van der Waals surface area contributed by atoms with E-state index >= 15 is 0 Å². The monoisotopic (exact) mass is 281 g/mol. The van der Waals surface area contributed by atoms with Crippen LogP contribution in [0.1, 0.15) is 10.4 Å². The van der Waals surface area contributed by atoms with Crippen LogP contribution in [0.2, 0.25) is 5.02 Å². The Balaban J connectivity index is 2.12. The number of pyridine rings is 1. The van der Waals surface area contributed by atoms with E-state index in [1.807, 2.05) is 26.4 Å². The van der Waals surface area contributed by atoms with Crippen molar-refractivity contribution in [2.75, 3.05) is 19.0 Å². The van der Waals surface area contributed by atoms with Gasteiger partial charge in [0.1, 0.15) is 5.82 Å². The molecule has 0 unspecified atom stereocenters. The molecule has 0 aliphatic carbocycles. The highest BCUT2D eigenvalue weighted by Crippen LogP contribution is 2.25. The van der Waals surface area contributed by atoms with Crippen molar-refractivity contribution in [1.82, 2.24) is 10.3 Å². The van der Waals surface area contributed by atoms with Crippen molar-refractivity contribution in [3.05, 3.63) is 45.2 Å². The van der Waals surface area contributed by atoms with Gasteiger partial charge in [0.05, 0.1) is 11.6 Å². The molecule has 0 aliphatic heterocycles. The van der Waals surface area contributed by atoms with Crippen LogP contribution in [-0.2, 0) is 13.1 Å². The quantitative estimate of drug-likeness (QED) is 0.912. The second-order valence-electron chi connectivity index (χ2n) is 4.11. The van der Waals surface area contributed by atoms with Crippen molar-refractivity contribution in [2.45, 2.75) is 13.1 Å². The maximum absolute atomic E-state index is 6.27. The lowest BCUT2D eigenvalue weighted by Gasteiger charge is -2.19. The number of anilines is 1. The third kappa shape index (κ3) is 3.22. The summed E-state index contributed by atoms with van der Waals surface area (Å²) in [6.45, 7) is 1.61. The lowest BCUT2D eigenvalue weighted by molar-refractivity contribution is 0.810. The van der Waals surface area contributed by atoms with Crippen LogP contribution in [0.3, 0.4) is 0 Å². The zero-order valence-electron chi connectivity index (χ0n) is 10.5. The first-order chi connectivity index (χ1) is 8.70. The lowest BCUT2D eigenvalue weighted by atomic mass is 10.2. The number of aromatic nitrogens is 1. The minimum Gasteiger partial charge on any atom is -0.353 e. The first-order valence-electron chi connectivity index (χ1n) is 5.73. The van der Waals surface area contributed by atoms with Crippen LogP contribution >= 0.6 is 22.9 Å². The van der Waals surface area contributed by atoms with E-state index < -0.39 is 0 Å². The number of hydrogen-bond acceptors (Lipinski definition) is 4. The first-order valence-corrected chi connectivity index (χ1v) is 6.99. The highest BCUT2D eigenvalue weighted by Gasteiger charge is 2.09. The largest absolute Gasteiger partial charge is 0.353 e. The van der Waals surface area contributed by atoms with Gasteiger partial charge in [0.2, 0.25) is 0 Å². The van der Waals surface area contributed by atoms with E-state index in [4.69, 9.17) is 11.6 Å². The summed E-state index contributed by atoms with van der Waals surface area (Å²) in [4.78, 5) is 7.80. The number of hydrogen-bond donors (Lipinski definition) is 1. The molecular formula is C13H16ClN3S. The van der Waals surface area contributed by atoms with Crippen molar-refractivity contribution in [1.29, 1.82) is 0 Å². The SMILES string of the molecule is CNCc1cnc(N(C)Cc2cccs2)c(Cl)c1. The molecule has 0 aliphatic rings. The van der Waals surface area contributed by atoms with Gasteiger partial charge in [-0.1, -0.05) is 17.7 Å². The topological polar surface area (TPSA) is 28.2 Å². The number of halogens is 1. The van der Waals surface area contributed by atoms with Gasteiger partial charge in [-0.25, -0.2) is 4.98 Å². The molecule has 0 bridgehead atoms. The Morgan fingerprint density at radius 2 is 2.33 bits per heavy atom. The summed E-state index contributed by atoms with van der Waals surface area (Å²) in [6.07, 6.45) is 1.86. The predicted molar refractivity (Wildman–Crippen MR) is 78.4 cm³/mol. The molecule has 2 heterocycles. The molecule has 0 radical (unpaired) electrons. The molecule has 0 fully saturated rings. The number of rotatable bonds is 5. The van der Waals surface area contributed by atoms with Crippen LogP contribution in [0.25, 0.3) is 0 Å². The molecule has 96 valence electrons. The van der Waals surface area contributed by atoms with Gasteiger partial charge in [0.15, 0.2) is 0 Å². The molecule has 0 saturated heterocycles. The molecule has 2 aromatic rings. The predicted octanol–water partition coefficient (Wildman–Crippen LogP) is 3.15. The van der Waals surface area contributed by atoms with E-state index in [0.29, 0.717) is 5.02 Å². The number of nitrogens with one attached hydrogen (secondary N) is 1. The second kappa shape index (κ2) is 6.18. The molecule has 2 aromatic heterocycles. The molecule has 18 heavy (non-hydrogen) atoms. The molecule has 3 nitrogen and oxygen atoms in total. The minimum absolute atomic E-state index is 0.696. The Morgan fingerprint density at radius 1 is 1.50 bits per heavy atom. The smallest absolute Gasteiger partial charge is 0.147 e. The average Bonchev–Trinajstić information content (AvgIpc) is 2.82. The number of thiophene rings is 1. The summed E-state index contributed by atoms with van der Waals surface area (Å²) >= 11 is 8.01. The summed E-state index contributed by atoms with van der Waals surface area (Å²) in [5, 5.41) is 5.86. The molecule has 1 N–H and O–H groups in total. The van der Waals surface area contributed by atoms with Crippen molar-refractivity contribution in [2.24, 2.45) is 0 Å². The summed E-state index contributed by atoms with van der Waals surface area (Å²) in [5.41, 5.74) is 1.09. The van der Waals surface area contributed by atoms with Crippen LogP contribution in [0.4, 0.5) is 5.82 Å². The van der Waals surface area contributed by atoms with Gasteiger partial charge in [-0.05, 0) is 30.1 Å². The van der Waals surface area contributed by atoms with Crippen LogP contribution < -0.4 is 10.2 Å². The van der Waals surface area contributed by atoms with E-state index in [1.165, 1.54) is 4.88 Å². The zero-order chi connectivity index (χ0) is 13.0. The molecule has 0 aromatic carbocycles. The van der Waals surface area contributed by atoms with Crippen LogP contribution in [0, 0.1) is 0 Å². The van der Waals surface area contributed by atoms with E-state index in [2.05, 4.69) is 32.7 Å². The summed E-state index contributed by atoms with van der Waals surface area (Å²) in [6, 6.07) is 6.13. The van der Waals surface area contributed by atoms with Gasteiger partial charge in [0, 0.05) is 24.7 Å². The van der Waals surface area contributed by atoms with Gasteiger partial charge in [-0.15, -0.1) is 11.3 Å². The van der Waals surface area contributed by atoms with E-state index in [9.17, 15) is 0 Å². The third-order valence-corrected chi connectivity index (χ3v) is 3.73. The molecule has 0 spiro atoms. The summed E-state index contributed by atoms with van der Waals surface area (Å²) in [7, 11) is 3.91. The molecule has 2 rings (SSSR count). The van der Waals surface area contributed by atoms with Gasteiger partial charge < -0.3 is 10.2 Å². The average molecular weight is 282 g/mol. The first kappa shape index (κ1) is 13.3. The summed E-state index contributed by atoms with van der Waals surface area (Å²) < 4.78 is 0. The highest BCUT2D eigenvalue weighted by molar-refractivity contribution is 7.09. The Labute approximate surface area is 116 Å². The number of nitrogens with zero attached hydrogens (tertiary/aromatic N) is 2. The Hall–Kier alpha value is -1.10. The zero-order valence-corrected chi connectivity index (χ0v) is 12.1. The van der Waals surface area contributed by atoms with Crippen molar-refractivity contribution >= 4 is 28.8 Å². The van der Waals surface area contributed by atoms with E-state index in [-0.39, 0.29) is 0 Å². The van der Waals surface area contributed by atoms with Crippen molar-refractivity contribution in [3.63, 3.8) is 0 Å². The van der Waals surface area contributed by atoms with Crippen LogP contribution in [0.15, 0.2) is 29.8 Å². The molecule has 0 atom stereocenters. The molecular weight excluding hydrogens is 266 g/mol. The van der Waals surface area contributed by atoms with Gasteiger partial charge in [-0.3, -0.25) is 0 Å². The normalized spacial score (nSPS) is 10.6. The van der Waals surface area contributed by atoms with Crippen molar-refractivity contribution in [3.8, 4) is 0 Å². The van der Waals surface area contributed by atoms with Crippen LogP contribution in [-0.4, -0.2) is 19.1 Å². The lowest BCUT2D eigenvalue weighted by Crippen LogP contribution is -2.17. The second-order valence-corrected chi connectivity index (χ2v) is 5.55. The van der Waals surface area contributed by atoms with E-state index in [1.54, 1.807) is 11.3 Å². The Kier molecular flexibility index (Phi) is 4.58. The Morgan fingerprint density at radius 3 is 2.94 bits per heavy atom. The van der Waals surface area contributed by atoms with Crippen LogP contribution in [0.5, 0.6) is 0 Å². The fourth-order valence-corrected chi connectivity index (χ4v) is 2.85. The van der Waals surface area contributed by atoms with Crippen molar-refractivity contribution < 1.29 is 0 Å². The fourth-order valence-electron chi connectivity index (χ4n) is 1.76. The molecule has 5 heteroatoms. The maximum Gasteiger partial charge on any atom is 0.147 e. The van der Waals surface area contributed by atoms with Gasteiger partial charge in [-0.2, -0.15) is 0 Å². The standard InChI is InChI=1S/C13H16ClN3S/c1-15-7-10-6-12(14)13(16-8-10)17(2)9-11-4-3-5-18-11/h3-6,8,15H,7,9H2,1-2H3. The Bertz CT molecular complexity index is 499. The highest BCUT2D eigenvalue weighted by atomic mass is 35.5. The minimum atomic E-state index is 0.696. The molecule has 0 saturated carbocycles. The van der Waals surface area contributed by atoms with Gasteiger partial charge in [0.25, 0.3) is 0 Å². The maximum atomic E-state index is 6.27. The van der Waals surface area contributed by atoms with Gasteiger partial charge >= 0.3 is 0 Å². The van der Waals surface area contributed by atoms with E-state index in [0.717, 1.165) is 24.5 Å². The third-order valence-electron chi connectivity index (χ3n) is 2.59. The fraction of sp³-hybridized carbons (Fsp3) is 0.308.